The molecule has 160 valence electrons. The predicted octanol–water partition coefficient (Wildman–Crippen LogP) is 4.65. The third-order valence-corrected chi connectivity index (χ3v) is 6.23. The highest BCUT2D eigenvalue weighted by molar-refractivity contribution is 5.97. The molecule has 0 radical (unpaired) electrons. The van der Waals surface area contributed by atoms with Crippen LogP contribution in [0.3, 0.4) is 0 Å². The van der Waals surface area contributed by atoms with Crippen LogP contribution in [0.15, 0.2) is 24.3 Å². The molecule has 3 rings (SSSR count). The van der Waals surface area contributed by atoms with E-state index < -0.39 is 0 Å². The summed E-state index contributed by atoms with van der Waals surface area (Å²) < 4.78 is 6.48. The molecule has 0 bridgehead atoms. The third kappa shape index (κ3) is 5.52. The molecule has 1 aliphatic heterocycles. The maximum atomic E-state index is 13.3. The molecule has 2 atom stereocenters. The molecule has 1 heterocycles. The van der Waals surface area contributed by atoms with Crippen molar-refractivity contribution in [3.8, 4) is 5.75 Å². The highest BCUT2D eigenvalue weighted by atomic mass is 16.5. The summed E-state index contributed by atoms with van der Waals surface area (Å²) in [6.45, 7) is 6.15. The molecule has 0 spiro atoms. The van der Waals surface area contributed by atoms with Crippen molar-refractivity contribution in [2.75, 3.05) is 19.6 Å². The molecule has 2 amide bonds. The van der Waals surface area contributed by atoms with Crippen LogP contribution >= 0.6 is 0 Å². The van der Waals surface area contributed by atoms with E-state index in [9.17, 15) is 9.59 Å². The average Bonchev–Trinajstić information content (AvgIpc) is 2.72. The Hall–Kier alpha value is -2.04. The minimum atomic E-state index is -0.0517. The van der Waals surface area contributed by atoms with E-state index in [1.807, 2.05) is 34.1 Å². The first kappa shape index (κ1) is 21.7. The zero-order chi connectivity index (χ0) is 20.6. The summed E-state index contributed by atoms with van der Waals surface area (Å²) in [5.41, 5.74) is 0.650. The molecular weight excluding hydrogens is 364 g/mol. The summed E-state index contributed by atoms with van der Waals surface area (Å²) in [5, 5.41) is 0. The molecule has 29 heavy (non-hydrogen) atoms. The fourth-order valence-electron chi connectivity index (χ4n) is 4.73. The monoisotopic (exact) mass is 400 g/mol. The number of benzene rings is 1. The first-order valence-corrected chi connectivity index (χ1v) is 11.4. The van der Waals surface area contributed by atoms with Crippen LogP contribution in [0, 0.1) is 0 Å². The number of nitrogens with zero attached hydrogens (tertiary/aromatic N) is 2. The van der Waals surface area contributed by atoms with E-state index in [2.05, 4.69) is 6.92 Å². The Morgan fingerprint density at radius 2 is 1.76 bits per heavy atom. The number of rotatable bonds is 2. The number of amides is 2. The van der Waals surface area contributed by atoms with Crippen molar-refractivity contribution in [1.82, 2.24) is 9.80 Å². The lowest BCUT2D eigenvalue weighted by atomic mass is 9.90. The van der Waals surface area contributed by atoms with E-state index in [-0.39, 0.29) is 24.0 Å². The van der Waals surface area contributed by atoms with Crippen molar-refractivity contribution in [2.45, 2.75) is 83.8 Å². The zero-order valence-corrected chi connectivity index (χ0v) is 18.1. The topological polar surface area (TPSA) is 49.9 Å². The molecule has 0 unspecified atom stereocenters. The van der Waals surface area contributed by atoms with Crippen LogP contribution < -0.4 is 4.74 Å². The molecule has 1 aromatic carbocycles. The van der Waals surface area contributed by atoms with Gasteiger partial charge in [-0.3, -0.25) is 9.59 Å². The highest BCUT2D eigenvalue weighted by Crippen LogP contribution is 2.30. The molecular formula is C24H36N2O3. The Kier molecular flexibility index (Phi) is 7.96. The first-order chi connectivity index (χ1) is 14.1. The van der Waals surface area contributed by atoms with Crippen LogP contribution in [0.25, 0.3) is 0 Å². The molecule has 0 aromatic heterocycles. The Labute approximate surface area is 175 Å². The van der Waals surface area contributed by atoms with Gasteiger partial charge in [0.2, 0.25) is 5.91 Å². The van der Waals surface area contributed by atoms with E-state index in [0.29, 0.717) is 11.3 Å². The van der Waals surface area contributed by atoms with E-state index in [0.717, 1.165) is 77.4 Å². The van der Waals surface area contributed by atoms with Crippen LogP contribution in [0.2, 0.25) is 0 Å². The van der Waals surface area contributed by atoms with Gasteiger partial charge in [-0.05, 0) is 50.7 Å². The predicted molar refractivity (Wildman–Crippen MR) is 115 cm³/mol. The number of carbonyl (C=O) groups excluding carboxylic acids is 2. The van der Waals surface area contributed by atoms with Crippen LogP contribution in [0.5, 0.6) is 5.75 Å². The quantitative estimate of drug-likeness (QED) is 0.726. The Bertz CT molecular complexity index is 690. The molecule has 0 N–H and O–H groups in total. The summed E-state index contributed by atoms with van der Waals surface area (Å²) in [5.74, 6) is 0.863. The molecule has 0 saturated heterocycles. The summed E-state index contributed by atoms with van der Waals surface area (Å²) in [4.78, 5) is 29.7. The Morgan fingerprint density at radius 3 is 2.52 bits per heavy atom. The highest BCUT2D eigenvalue weighted by Gasteiger charge is 2.34. The van der Waals surface area contributed by atoms with E-state index >= 15 is 0 Å². The fraction of sp³-hybridized carbons (Fsp3) is 0.667. The number of hydrogen-bond acceptors (Lipinski definition) is 3. The van der Waals surface area contributed by atoms with Gasteiger partial charge in [-0.25, -0.2) is 0 Å². The number of ether oxygens (including phenoxy) is 1. The molecule has 2 aliphatic rings. The van der Waals surface area contributed by atoms with Crippen molar-refractivity contribution >= 4 is 11.8 Å². The largest absolute Gasteiger partial charge is 0.487 e. The lowest BCUT2D eigenvalue weighted by Gasteiger charge is -2.40. The summed E-state index contributed by atoms with van der Waals surface area (Å²) >= 11 is 0. The number of fused-ring (bicyclic) bond motifs is 2. The second-order valence-corrected chi connectivity index (χ2v) is 8.42. The van der Waals surface area contributed by atoms with Gasteiger partial charge in [0.05, 0.1) is 11.6 Å². The number of para-hydroxylation sites is 1. The minimum Gasteiger partial charge on any atom is -0.487 e. The van der Waals surface area contributed by atoms with Gasteiger partial charge in [-0.1, -0.05) is 38.3 Å². The maximum absolute atomic E-state index is 13.3. The van der Waals surface area contributed by atoms with Crippen molar-refractivity contribution in [3.63, 3.8) is 0 Å². The standard InChI is InChI=1S/C24H36N2O3/c1-3-16-25-17-10-4-5-11-18-26(19(2)27)21-13-7-9-15-23(21)29-22-14-8-6-12-20(22)24(25)28/h6,8,12,14,21,23H,3-5,7,9-11,13,15-18H2,1-2H3/t21-,23+/m1/s1. The lowest BCUT2D eigenvalue weighted by Crippen LogP contribution is -2.50. The maximum Gasteiger partial charge on any atom is 0.257 e. The van der Waals surface area contributed by atoms with Gasteiger partial charge >= 0.3 is 0 Å². The van der Waals surface area contributed by atoms with Crippen LogP contribution in [-0.2, 0) is 4.79 Å². The molecule has 1 aliphatic carbocycles. The fourth-order valence-corrected chi connectivity index (χ4v) is 4.73. The average molecular weight is 401 g/mol. The number of carbonyl (C=O) groups is 2. The molecule has 1 aromatic rings. The van der Waals surface area contributed by atoms with Crippen molar-refractivity contribution in [1.29, 1.82) is 0 Å². The summed E-state index contributed by atoms with van der Waals surface area (Å²) in [7, 11) is 0. The van der Waals surface area contributed by atoms with Crippen LogP contribution in [-0.4, -0.2) is 53.4 Å². The molecule has 5 heteroatoms. The third-order valence-electron chi connectivity index (χ3n) is 6.23. The second-order valence-electron chi connectivity index (χ2n) is 8.42. The molecule has 5 nitrogen and oxygen atoms in total. The SMILES string of the molecule is CCCN1CCCCCCN(C(C)=O)[C@@H]2CCCC[C@@H]2Oc2ccccc2C1=O. The van der Waals surface area contributed by atoms with Crippen molar-refractivity contribution in [3.05, 3.63) is 29.8 Å². The lowest BCUT2D eigenvalue weighted by molar-refractivity contribution is -0.134. The van der Waals surface area contributed by atoms with Crippen LogP contribution in [0.1, 0.15) is 82.0 Å². The first-order valence-electron chi connectivity index (χ1n) is 11.4. The second kappa shape index (κ2) is 10.7. The normalized spacial score (nSPS) is 24.1. The van der Waals surface area contributed by atoms with Gasteiger partial charge in [0.1, 0.15) is 11.9 Å². The minimum absolute atomic E-state index is 0.0517. The van der Waals surface area contributed by atoms with E-state index in [4.69, 9.17) is 4.74 Å². The van der Waals surface area contributed by atoms with Gasteiger partial charge < -0.3 is 14.5 Å². The summed E-state index contributed by atoms with van der Waals surface area (Å²) in [6.07, 6.45) is 9.22. The van der Waals surface area contributed by atoms with Gasteiger partial charge in [-0.15, -0.1) is 0 Å². The van der Waals surface area contributed by atoms with Gasteiger partial charge in [-0.2, -0.15) is 0 Å². The van der Waals surface area contributed by atoms with Crippen molar-refractivity contribution < 1.29 is 14.3 Å². The molecule has 1 fully saturated rings. The van der Waals surface area contributed by atoms with E-state index in [1.165, 1.54) is 0 Å². The van der Waals surface area contributed by atoms with Crippen LogP contribution in [0.4, 0.5) is 0 Å². The van der Waals surface area contributed by atoms with E-state index in [1.54, 1.807) is 6.92 Å². The van der Waals surface area contributed by atoms with Gasteiger partial charge in [0.15, 0.2) is 0 Å². The Balaban J connectivity index is 1.92. The zero-order valence-electron chi connectivity index (χ0n) is 18.1. The van der Waals surface area contributed by atoms with Crippen molar-refractivity contribution in [2.24, 2.45) is 0 Å². The Morgan fingerprint density at radius 1 is 1.03 bits per heavy atom. The smallest absolute Gasteiger partial charge is 0.257 e. The summed E-state index contributed by atoms with van der Waals surface area (Å²) in [6, 6.07) is 7.73. The molecule has 1 saturated carbocycles. The van der Waals surface area contributed by atoms with Gasteiger partial charge in [0, 0.05) is 26.6 Å². The van der Waals surface area contributed by atoms with Gasteiger partial charge in [0.25, 0.3) is 5.91 Å². The number of hydrogen-bond donors (Lipinski definition) is 0.